The molecular weight excluding hydrogens is 326 g/mol. The summed E-state index contributed by atoms with van der Waals surface area (Å²) >= 11 is 1.62. The molecule has 0 spiro atoms. The molecule has 2 aromatic rings. The van der Waals surface area contributed by atoms with Gasteiger partial charge < -0.3 is 20.5 Å². The van der Waals surface area contributed by atoms with Crippen LogP contribution in [0.3, 0.4) is 0 Å². The molecule has 0 bridgehead atoms. The maximum absolute atomic E-state index is 12.2. The summed E-state index contributed by atoms with van der Waals surface area (Å²) < 4.78 is 10.6. The molecule has 2 aromatic heterocycles. The lowest BCUT2D eigenvalue weighted by Crippen LogP contribution is -2.24. The molecule has 0 aromatic carbocycles. The number of ether oxygens (including phenoxy) is 2. The number of pyridine rings is 1. The van der Waals surface area contributed by atoms with E-state index in [1.54, 1.807) is 30.6 Å². The summed E-state index contributed by atoms with van der Waals surface area (Å²) in [6.45, 7) is 5.41. The van der Waals surface area contributed by atoms with E-state index in [0.717, 1.165) is 9.75 Å². The molecule has 24 heavy (non-hydrogen) atoms. The number of anilines is 1. The average Bonchev–Trinajstić information content (AvgIpc) is 2.99. The molecule has 0 aliphatic heterocycles. The number of nitrogen functional groups attached to an aromatic ring is 1. The second-order valence-electron chi connectivity index (χ2n) is 5.58. The number of hydrogen-bond donors (Lipinski definition) is 2. The zero-order valence-corrected chi connectivity index (χ0v) is 15.0. The molecule has 0 aliphatic carbocycles. The van der Waals surface area contributed by atoms with Crippen molar-refractivity contribution in [2.75, 3.05) is 12.8 Å². The van der Waals surface area contributed by atoms with E-state index in [4.69, 9.17) is 15.2 Å². The molecule has 0 fully saturated rings. The normalized spacial score (nSPS) is 11.0. The largest absolute Gasteiger partial charge is 0.383 e. The minimum atomic E-state index is -0.239. The maximum Gasteiger partial charge on any atom is 0.255 e. The Kier molecular flexibility index (Phi) is 6.72. The summed E-state index contributed by atoms with van der Waals surface area (Å²) in [7, 11) is 1.58. The maximum atomic E-state index is 12.2. The van der Waals surface area contributed by atoms with Crippen LogP contribution < -0.4 is 11.1 Å². The first-order chi connectivity index (χ1) is 11.5. The van der Waals surface area contributed by atoms with Crippen LogP contribution in [0.15, 0.2) is 24.3 Å². The Hall–Kier alpha value is -1.96. The summed E-state index contributed by atoms with van der Waals surface area (Å²) in [5, 5.41) is 2.87. The van der Waals surface area contributed by atoms with Gasteiger partial charge in [0.05, 0.1) is 37.1 Å². The second kappa shape index (κ2) is 8.77. The predicted octanol–water partition coefficient (Wildman–Crippen LogP) is 2.73. The van der Waals surface area contributed by atoms with Crippen molar-refractivity contribution in [2.45, 2.75) is 39.7 Å². The number of nitrogens with zero attached hydrogens (tertiary/aromatic N) is 1. The predicted molar refractivity (Wildman–Crippen MR) is 94.8 cm³/mol. The van der Waals surface area contributed by atoms with E-state index in [1.807, 2.05) is 26.0 Å². The van der Waals surface area contributed by atoms with Crippen LogP contribution in [0.2, 0.25) is 0 Å². The Balaban J connectivity index is 1.91. The topological polar surface area (TPSA) is 86.5 Å². The Morgan fingerprint density at radius 2 is 2.00 bits per heavy atom. The van der Waals surface area contributed by atoms with Crippen LogP contribution in [-0.4, -0.2) is 24.1 Å². The number of hydrogen-bond acceptors (Lipinski definition) is 6. The molecule has 0 atom stereocenters. The van der Waals surface area contributed by atoms with Crippen LogP contribution in [0.5, 0.6) is 0 Å². The highest BCUT2D eigenvalue weighted by atomic mass is 32.1. The van der Waals surface area contributed by atoms with Gasteiger partial charge >= 0.3 is 0 Å². The minimum Gasteiger partial charge on any atom is -0.383 e. The summed E-state index contributed by atoms with van der Waals surface area (Å²) in [5.41, 5.74) is 6.92. The lowest BCUT2D eigenvalue weighted by molar-refractivity contribution is 0.0674. The van der Waals surface area contributed by atoms with E-state index in [9.17, 15) is 4.79 Å². The third-order valence-electron chi connectivity index (χ3n) is 3.22. The molecule has 0 saturated carbocycles. The number of rotatable bonds is 8. The van der Waals surface area contributed by atoms with E-state index in [-0.39, 0.29) is 17.8 Å². The van der Waals surface area contributed by atoms with Crippen LogP contribution in [0.4, 0.5) is 5.82 Å². The monoisotopic (exact) mass is 349 g/mol. The first-order valence-electron chi connectivity index (χ1n) is 7.71. The smallest absolute Gasteiger partial charge is 0.255 e. The highest BCUT2D eigenvalue weighted by molar-refractivity contribution is 7.11. The summed E-state index contributed by atoms with van der Waals surface area (Å²) in [4.78, 5) is 18.6. The Bertz CT molecular complexity index is 685. The highest BCUT2D eigenvalue weighted by Crippen LogP contribution is 2.18. The van der Waals surface area contributed by atoms with Crippen molar-refractivity contribution in [3.63, 3.8) is 0 Å². The standard InChI is InChI=1S/C17H23N3O3S/c1-11(2)23-10-14-6-5-13(24-14)8-19-17(21)15-7-4-12(9-22-3)20-16(15)18/h4-7,11H,8-10H2,1-3H3,(H2,18,20)(H,19,21). The van der Waals surface area contributed by atoms with Crippen molar-refractivity contribution in [3.05, 3.63) is 45.3 Å². The third kappa shape index (κ3) is 5.30. The van der Waals surface area contributed by atoms with Crippen molar-refractivity contribution < 1.29 is 14.3 Å². The van der Waals surface area contributed by atoms with Gasteiger partial charge in [0.15, 0.2) is 0 Å². The van der Waals surface area contributed by atoms with Crippen molar-refractivity contribution in [1.82, 2.24) is 10.3 Å². The molecule has 130 valence electrons. The van der Waals surface area contributed by atoms with Gasteiger partial charge in [-0.1, -0.05) is 0 Å². The highest BCUT2D eigenvalue weighted by Gasteiger charge is 2.12. The number of thiophene rings is 1. The molecule has 2 heterocycles. The van der Waals surface area contributed by atoms with Crippen LogP contribution in [0.1, 0.15) is 39.7 Å². The van der Waals surface area contributed by atoms with Crippen LogP contribution in [0.25, 0.3) is 0 Å². The van der Waals surface area contributed by atoms with Crippen molar-refractivity contribution in [1.29, 1.82) is 0 Å². The van der Waals surface area contributed by atoms with Gasteiger partial charge in [-0.15, -0.1) is 11.3 Å². The van der Waals surface area contributed by atoms with E-state index in [1.165, 1.54) is 0 Å². The first kappa shape index (κ1) is 18.4. The van der Waals surface area contributed by atoms with Gasteiger partial charge in [-0.25, -0.2) is 4.98 Å². The summed E-state index contributed by atoms with van der Waals surface area (Å²) in [6, 6.07) is 7.42. The lowest BCUT2D eigenvalue weighted by atomic mass is 10.2. The molecule has 1 amide bonds. The molecule has 3 N–H and O–H groups in total. The van der Waals surface area contributed by atoms with Gasteiger partial charge in [0.2, 0.25) is 0 Å². The quantitative estimate of drug-likeness (QED) is 0.765. The van der Waals surface area contributed by atoms with Crippen LogP contribution >= 0.6 is 11.3 Å². The van der Waals surface area contributed by atoms with E-state index in [2.05, 4.69) is 10.3 Å². The SMILES string of the molecule is COCc1ccc(C(=O)NCc2ccc(COC(C)C)s2)c(N)n1. The fraction of sp³-hybridized carbons (Fsp3) is 0.412. The van der Waals surface area contributed by atoms with Gasteiger partial charge in [-0.2, -0.15) is 0 Å². The number of methoxy groups -OCH3 is 1. The fourth-order valence-corrected chi connectivity index (χ4v) is 2.92. The number of aromatic nitrogens is 1. The molecule has 7 heteroatoms. The lowest BCUT2D eigenvalue weighted by Gasteiger charge is -2.08. The Morgan fingerprint density at radius 3 is 2.67 bits per heavy atom. The van der Waals surface area contributed by atoms with Crippen molar-refractivity contribution >= 4 is 23.1 Å². The third-order valence-corrected chi connectivity index (χ3v) is 4.28. The van der Waals surface area contributed by atoms with Crippen molar-refractivity contribution in [2.24, 2.45) is 0 Å². The zero-order valence-electron chi connectivity index (χ0n) is 14.2. The minimum absolute atomic E-state index is 0.201. The number of nitrogens with two attached hydrogens (primary N) is 1. The first-order valence-corrected chi connectivity index (χ1v) is 8.53. The van der Waals surface area contributed by atoms with E-state index >= 15 is 0 Å². The van der Waals surface area contributed by atoms with Crippen LogP contribution in [0, 0.1) is 0 Å². The second-order valence-corrected chi connectivity index (χ2v) is 6.83. The summed E-state index contributed by atoms with van der Waals surface area (Å²) in [6.07, 6.45) is 0.201. The molecule has 0 radical (unpaired) electrons. The van der Waals surface area contributed by atoms with E-state index < -0.39 is 0 Å². The molecule has 0 saturated heterocycles. The molecule has 0 aliphatic rings. The van der Waals surface area contributed by atoms with Gasteiger partial charge in [-0.05, 0) is 38.1 Å². The van der Waals surface area contributed by atoms with Gasteiger partial charge in [0.1, 0.15) is 5.82 Å². The summed E-state index contributed by atoms with van der Waals surface area (Å²) in [5.74, 6) is -0.0309. The fourth-order valence-electron chi connectivity index (χ4n) is 2.04. The number of carbonyl (C=O) groups excluding carboxylic acids is 1. The zero-order chi connectivity index (χ0) is 17.5. The Labute approximate surface area is 146 Å². The number of carbonyl (C=O) groups is 1. The molecule has 2 rings (SSSR count). The average molecular weight is 349 g/mol. The van der Waals surface area contributed by atoms with E-state index in [0.29, 0.717) is 31.0 Å². The Morgan fingerprint density at radius 1 is 1.25 bits per heavy atom. The number of nitrogens with one attached hydrogen (secondary N) is 1. The molecule has 6 nitrogen and oxygen atoms in total. The molecular formula is C17H23N3O3S. The van der Waals surface area contributed by atoms with Crippen molar-refractivity contribution in [3.8, 4) is 0 Å². The van der Waals surface area contributed by atoms with Gasteiger partial charge in [-0.3, -0.25) is 4.79 Å². The molecule has 0 unspecified atom stereocenters. The van der Waals surface area contributed by atoms with Gasteiger partial charge in [0, 0.05) is 16.9 Å². The number of amides is 1. The van der Waals surface area contributed by atoms with Crippen LogP contribution in [-0.2, 0) is 29.2 Å². The van der Waals surface area contributed by atoms with Gasteiger partial charge in [0.25, 0.3) is 5.91 Å².